The van der Waals surface area contributed by atoms with E-state index in [1.807, 2.05) is 30.0 Å². The Labute approximate surface area is 167 Å². The number of carbonyl (C=O) groups excluding carboxylic acids is 1. The molecule has 28 heavy (non-hydrogen) atoms. The highest BCUT2D eigenvalue weighted by Crippen LogP contribution is 2.45. The number of carbonyl (C=O) groups is 2. The minimum atomic E-state index is -0.892. The number of fused-ring (bicyclic) bond motifs is 2. The Kier molecular flexibility index (Phi) is 5.12. The van der Waals surface area contributed by atoms with Crippen LogP contribution in [0, 0.1) is 0 Å². The highest BCUT2D eigenvalue weighted by molar-refractivity contribution is 7.14. The van der Waals surface area contributed by atoms with E-state index in [2.05, 4.69) is 0 Å². The largest absolute Gasteiger partial charge is 0.494 e. The molecule has 3 heterocycles. The summed E-state index contributed by atoms with van der Waals surface area (Å²) < 4.78 is 11.7. The third-order valence-corrected chi connectivity index (χ3v) is 6.78. The summed E-state index contributed by atoms with van der Waals surface area (Å²) in [6, 6.07) is 9.05. The number of benzene rings is 1. The zero-order chi connectivity index (χ0) is 19.7. The van der Waals surface area contributed by atoms with Gasteiger partial charge in [0.25, 0.3) is 5.91 Å². The molecule has 1 amide bonds. The molecule has 0 aliphatic carbocycles. The van der Waals surface area contributed by atoms with Crippen LogP contribution in [0.4, 0.5) is 0 Å². The maximum atomic E-state index is 12.9. The lowest BCUT2D eigenvalue weighted by molar-refractivity contribution is -0.0906. The first kappa shape index (κ1) is 19.0. The predicted molar refractivity (Wildman–Crippen MR) is 105 cm³/mol. The van der Waals surface area contributed by atoms with Crippen molar-refractivity contribution in [1.29, 1.82) is 0 Å². The quantitative estimate of drug-likeness (QED) is 0.848. The first-order chi connectivity index (χ1) is 13.5. The maximum Gasteiger partial charge on any atom is 0.345 e. The lowest BCUT2D eigenvalue weighted by Crippen LogP contribution is -2.47. The van der Waals surface area contributed by atoms with Crippen molar-refractivity contribution in [2.45, 2.75) is 31.8 Å². The van der Waals surface area contributed by atoms with Crippen LogP contribution in [0.25, 0.3) is 0 Å². The molecule has 1 fully saturated rings. The SMILES string of the molecule is CCOc1cccc(C(=O)N2CCC3(CC2)OCCc2cc(C(=O)O)sc23)c1. The second-order valence-corrected chi connectivity index (χ2v) is 8.17. The molecule has 1 aromatic heterocycles. The Morgan fingerprint density at radius 2 is 2.07 bits per heavy atom. The standard InChI is InChI=1S/C21H23NO5S/c1-2-26-16-5-3-4-15(12-16)19(23)22-9-7-21(8-10-22)18-14(6-11-27-21)13-17(28-18)20(24)25/h3-5,12-13H,2,6-11H2,1H3,(H,24,25). The van der Waals surface area contributed by atoms with Crippen molar-refractivity contribution >= 4 is 23.2 Å². The van der Waals surface area contributed by atoms with Crippen molar-refractivity contribution in [1.82, 2.24) is 4.90 Å². The third-order valence-electron chi connectivity index (χ3n) is 5.43. The molecular formula is C21H23NO5S. The summed E-state index contributed by atoms with van der Waals surface area (Å²) in [5.74, 6) is -0.206. The Morgan fingerprint density at radius 3 is 2.79 bits per heavy atom. The number of hydrogen-bond donors (Lipinski definition) is 1. The predicted octanol–water partition coefficient (Wildman–Crippen LogP) is 3.55. The molecule has 1 saturated heterocycles. The van der Waals surface area contributed by atoms with Crippen LogP contribution in [-0.4, -0.2) is 48.2 Å². The highest BCUT2D eigenvalue weighted by atomic mass is 32.1. The number of ether oxygens (including phenoxy) is 2. The van der Waals surface area contributed by atoms with Crippen LogP contribution in [0.2, 0.25) is 0 Å². The van der Waals surface area contributed by atoms with Gasteiger partial charge in [0.05, 0.1) is 13.2 Å². The number of piperidine rings is 1. The zero-order valence-electron chi connectivity index (χ0n) is 15.8. The molecule has 0 radical (unpaired) electrons. The number of carboxylic acid groups (broad SMARTS) is 1. The van der Waals surface area contributed by atoms with E-state index in [1.54, 1.807) is 12.1 Å². The van der Waals surface area contributed by atoms with Crippen LogP contribution in [0.15, 0.2) is 30.3 Å². The second kappa shape index (κ2) is 7.56. The molecule has 2 aromatic rings. The summed E-state index contributed by atoms with van der Waals surface area (Å²) in [6.07, 6.45) is 2.10. The molecule has 0 atom stereocenters. The molecule has 1 N–H and O–H groups in total. The summed E-state index contributed by atoms with van der Waals surface area (Å²) >= 11 is 1.32. The van der Waals surface area contributed by atoms with Crippen LogP contribution in [0.1, 0.15) is 50.2 Å². The van der Waals surface area contributed by atoms with Crippen LogP contribution in [0.3, 0.4) is 0 Å². The first-order valence-electron chi connectivity index (χ1n) is 9.55. The Hall–Kier alpha value is -2.38. The summed E-state index contributed by atoms with van der Waals surface area (Å²) in [7, 11) is 0. The number of thiophene rings is 1. The van der Waals surface area contributed by atoms with Crippen LogP contribution >= 0.6 is 11.3 Å². The van der Waals surface area contributed by atoms with Crippen molar-refractivity contribution in [2.75, 3.05) is 26.3 Å². The lowest BCUT2D eigenvalue weighted by Gasteiger charge is -2.43. The van der Waals surface area contributed by atoms with E-state index < -0.39 is 11.6 Å². The average molecular weight is 401 g/mol. The fourth-order valence-corrected chi connectivity index (χ4v) is 5.29. The van der Waals surface area contributed by atoms with Gasteiger partial charge >= 0.3 is 5.97 Å². The molecule has 1 spiro atoms. The van der Waals surface area contributed by atoms with Gasteiger partial charge in [-0.3, -0.25) is 4.79 Å². The van der Waals surface area contributed by atoms with E-state index in [4.69, 9.17) is 9.47 Å². The van der Waals surface area contributed by atoms with Gasteiger partial charge in [-0.05, 0) is 56.0 Å². The number of nitrogens with zero attached hydrogens (tertiary/aromatic N) is 1. The normalized spacial score (nSPS) is 18.0. The minimum Gasteiger partial charge on any atom is -0.494 e. The number of aromatic carboxylic acids is 1. The molecule has 4 rings (SSSR count). The fraction of sp³-hybridized carbons (Fsp3) is 0.429. The van der Waals surface area contributed by atoms with Gasteiger partial charge in [-0.15, -0.1) is 11.3 Å². The van der Waals surface area contributed by atoms with Crippen molar-refractivity contribution < 1.29 is 24.2 Å². The fourth-order valence-electron chi connectivity index (χ4n) is 4.04. The Bertz CT molecular complexity index is 898. The molecule has 6 nitrogen and oxygen atoms in total. The number of carboxylic acids is 1. The zero-order valence-corrected chi connectivity index (χ0v) is 16.6. The van der Waals surface area contributed by atoms with Crippen LogP contribution in [0.5, 0.6) is 5.75 Å². The highest BCUT2D eigenvalue weighted by Gasteiger charge is 2.43. The van der Waals surface area contributed by atoms with Crippen LogP contribution < -0.4 is 4.74 Å². The van der Waals surface area contributed by atoms with Crippen molar-refractivity contribution in [2.24, 2.45) is 0 Å². The van der Waals surface area contributed by atoms with Gasteiger partial charge in [-0.2, -0.15) is 0 Å². The van der Waals surface area contributed by atoms with E-state index in [0.29, 0.717) is 55.3 Å². The van der Waals surface area contributed by atoms with Gasteiger partial charge in [-0.25, -0.2) is 4.79 Å². The molecule has 1 aromatic carbocycles. The van der Waals surface area contributed by atoms with Gasteiger partial charge in [0.1, 0.15) is 16.2 Å². The van der Waals surface area contributed by atoms with Gasteiger partial charge in [0, 0.05) is 23.5 Å². The minimum absolute atomic E-state index is 0.00941. The Balaban J connectivity index is 1.50. The van der Waals surface area contributed by atoms with Gasteiger partial charge in [0.15, 0.2) is 0 Å². The van der Waals surface area contributed by atoms with Crippen molar-refractivity contribution in [3.05, 3.63) is 51.2 Å². The lowest BCUT2D eigenvalue weighted by atomic mass is 9.85. The molecular weight excluding hydrogens is 378 g/mol. The molecule has 2 aliphatic rings. The number of hydrogen-bond acceptors (Lipinski definition) is 5. The second-order valence-electron chi connectivity index (χ2n) is 7.12. The van der Waals surface area contributed by atoms with E-state index in [-0.39, 0.29) is 5.91 Å². The van der Waals surface area contributed by atoms with Gasteiger partial charge < -0.3 is 19.5 Å². The first-order valence-corrected chi connectivity index (χ1v) is 10.4. The summed E-state index contributed by atoms with van der Waals surface area (Å²) in [5.41, 5.74) is 1.24. The van der Waals surface area contributed by atoms with E-state index in [9.17, 15) is 14.7 Å². The third kappa shape index (κ3) is 3.40. The molecule has 7 heteroatoms. The molecule has 0 saturated carbocycles. The number of rotatable bonds is 4. The average Bonchev–Trinajstić information content (AvgIpc) is 3.15. The number of likely N-dealkylation sites (tertiary alicyclic amines) is 1. The maximum absolute atomic E-state index is 12.9. The van der Waals surface area contributed by atoms with Gasteiger partial charge in [-0.1, -0.05) is 6.07 Å². The molecule has 0 bridgehead atoms. The molecule has 2 aliphatic heterocycles. The molecule has 148 valence electrons. The van der Waals surface area contributed by atoms with E-state index in [0.717, 1.165) is 16.9 Å². The van der Waals surface area contributed by atoms with E-state index in [1.165, 1.54) is 11.3 Å². The summed E-state index contributed by atoms with van der Waals surface area (Å²) in [5, 5.41) is 9.33. The Morgan fingerprint density at radius 1 is 1.29 bits per heavy atom. The summed E-state index contributed by atoms with van der Waals surface area (Å²) in [6.45, 7) is 4.22. The summed E-state index contributed by atoms with van der Waals surface area (Å²) in [4.78, 5) is 27.5. The van der Waals surface area contributed by atoms with Crippen molar-refractivity contribution in [3.63, 3.8) is 0 Å². The smallest absolute Gasteiger partial charge is 0.345 e. The topological polar surface area (TPSA) is 76.1 Å². The number of amides is 1. The van der Waals surface area contributed by atoms with E-state index >= 15 is 0 Å². The molecule has 0 unspecified atom stereocenters. The van der Waals surface area contributed by atoms with Crippen LogP contribution in [-0.2, 0) is 16.8 Å². The van der Waals surface area contributed by atoms with Gasteiger partial charge in [0.2, 0.25) is 0 Å². The van der Waals surface area contributed by atoms with Crippen molar-refractivity contribution in [3.8, 4) is 5.75 Å². The monoisotopic (exact) mass is 401 g/mol.